The number of nitrogens with one attached hydrogen (secondary N) is 1. The maximum atomic E-state index is 12.2. The average molecular weight is 297 g/mol. The zero-order valence-corrected chi connectivity index (χ0v) is 11.5. The number of hydrogen-bond donors (Lipinski definition) is 1. The summed E-state index contributed by atoms with van der Waals surface area (Å²) in [5.74, 6) is 0. The van der Waals surface area contributed by atoms with E-state index in [-0.39, 0.29) is 22.3 Å². The Morgan fingerprint density at radius 2 is 1.76 bits per heavy atom. The van der Waals surface area contributed by atoms with Crippen molar-refractivity contribution in [2.75, 3.05) is 26.2 Å². The molecule has 1 saturated heterocycles. The molecule has 2 rings (SSSR count). The van der Waals surface area contributed by atoms with Crippen molar-refractivity contribution in [1.82, 2.24) is 9.62 Å². The minimum absolute atomic E-state index is 0. The summed E-state index contributed by atoms with van der Waals surface area (Å²) in [7, 11) is -3.43. The molecule has 1 aromatic carbocycles. The lowest BCUT2D eigenvalue weighted by Gasteiger charge is -2.26. The van der Waals surface area contributed by atoms with E-state index in [1.54, 1.807) is 24.3 Å². The lowest BCUT2D eigenvalue weighted by molar-refractivity contribution is 0.360. The monoisotopic (exact) mass is 296 g/mol. The van der Waals surface area contributed by atoms with Crippen LogP contribution < -0.4 is 5.32 Å². The minimum atomic E-state index is -3.43. The molecule has 0 unspecified atom stereocenters. The van der Waals surface area contributed by atoms with Crippen molar-refractivity contribution in [2.24, 2.45) is 0 Å². The van der Waals surface area contributed by atoms with E-state index in [1.165, 1.54) is 4.31 Å². The van der Waals surface area contributed by atoms with Crippen LogP contribution in [0.3, 0.4) is 0 Å². The van der Waals surface area contributed by atoms with Crippen LogP contribution in [-0.2, 0) is 10.0 Å². The first-order valence-electron chi connectivity index (χ1n) is 5.08. The molecule has 1 fully saturated rings. The number of halogens is 2. The van der Waals surface area contributed by atoms with Crippen LogP contribution in [0.5, 0.6) is 0 Å². The van der Waals surface area contributed by atoms with Gasteiger partial charge in [-0.05, 0) is 12.1 Å². The Labute approximate surface area is 112 Å². The third-order valence-electron chi connectivity index (χ3n) is 2.53. The van der Waals surface area contributed by atoms with Gasteiger partial charge in [0, 0.05) is 26.2 Å². The molecule has 0 saturated carbocycles. The molecule has 1 N–H and O–H groups in total. The van der Waals surface area contributed by atoms with E-state index in [0.29, 0.717) is 26.2 Å². The van der Waals surface area contributed by atoms with Crippen molar-refractivity contribution >= 4 is 34.0 Å². The minimum Gasteiger partial charge on any atom is -0.314 e. The topological polar surface area (TPSA) is 49.4 Å². The molecule has 96 valence electrons. The van der Waals surface area contributed by atoms with Crippen molar-refractivity contribution in [3.8, 4) is 0 Å². The summed E-state index contributed by atoms with van der Waals surface area (Å²) < 4.78 is 25.9. The molecule has 4 nitrogen and oxygen atoms in total. The number of hydrogen-bond acceptors (Lipinski definition) is 3. The summed E-state index contributed by atoms with van der Waals surface area (Å²) in [6.45, 7) is 2.36. The smallest absolute Gasteiger partial charge is 0.244 e. The van der Waals surface area contributed by atoms with Gasteiger partial charge in [-0.25, -0.2) is 8.42 Å². The highest BCUT2D eigenvalue weighted by atomic mass is 35.5. The molecule has 1 heterocycles. The summed E-state index contributed by atoms with van der Waals surface area (Å²) in [5, 5.41) is 3.39. The number of piperazine rings is 1. The van der Waals surface area contributed by atoms with E-state index in [9.17, 15) is 8.42 Å². The van der Waals surface area contributed by atoms with E-state index in [2.05, 4.69) is 5.32 Å². The second-order valence-corrected chi connectivity index (χ2v) is 5.90. The second kappa shape index (κ2) is 6.02. The molecule has 0 aromatic heterocycles. The van der Waals surface area contributed by atoms with Gasteiger partial charge in [0.15, 0.2) is 0 Å². The molecular formula is C10H14Cl2N2O2S. The zero-order valence-electron chi connectivity index (χ0n) is 9.10. The number of benzene rings is 1. The predicted molar refractivity (Wildman–Crippen MR) is 70.3 cm³/mol. The SMILES string of the molecule is Cl.O=S(=O)(c1ccccc1Cl)N1CCNCC1. The fourth-order valence-corrected chi connectivity index (χ4v) is 3.61. The highest BCUT2D eigenvalue weighted by molar-refractivity contribution is 7.89. The van der Waals surface area contributed by atoms with E-state index < -0.39 is 10.0 Å². The quantitative estimate of drug-likeness (QED) is 0.896. The van der Waals surface area contributed by atoms with Gasteiger partial charge in [0.1, 0.15) is 4.90 Å². The fraction of sp³-hybridized carbons (Fsp3) is 0.400. The van der Waals surface area contributed by atoms with Crippen molar-refractivity contribution in [2.45, 2.75) is 4.90 Å². The van der Waals surface area contributed by atoms with Gasteiger partial charge in [0.05, 0.1) is 5.02 Å². The summed E-state index contributed by atoms with van der Waals surface area (Å²) in [6, 6.07) is 6.54. The van der Waals surface area contributed by atoms with Crippen molar-refractivity contribution in [3.05, 3.63) is 29.3 Å². The maximum Gasteiger partial charge on any atom is 0.244 e. The molecule has 0 aliphatic carbocycles. The van der Waals surface area contributed by atoms with E-state index >= 15 is 0 Å². The maximum absolute atomic E-state index is 12.2. The Hall–Kier alpha value is -0.330. The third-order valence-corrected chi connectivity index (χ3v) is 4.93. The normalized spacial score (nSPS) is 17.5. The molecular weight excluding hydrogens is 283 g/mol. The predicted octanol–water partition coefficient (Wildman–Crippen LogP) is 1.36. The number of nitrogens with zero attached hydrogens (tertiary/aromatic N) is 1. The van der Waals surface area contributed by atoms with E-state index in [1.807, 2.05) is 0 Å². The lowest BCUT2D eigenvalue weighted by Crippen LogP contribution is -2.46. The molecule has 1 aliphatic rings. The largest absolute Gasteiger partial charge is 0.314 e. The summed E-state index contributed by atoms with van der Waals surface area (Å²) >= 11 is 5.91. The van der Waals surface area contributed by atoms with Gasteiger partial charge in [-0.2, -0.15) is 4.31 Å². The molecule has 17 heavy (non-hydrogen) atoms. The Kier molecular flexibility index (Phi) is 5.22. The number of rotatable bonds is 2. The highest BCUT2D eigenvalue weighted by Gasteiger charge is 2.27. The van der Waals surface area contributed by atoms with Crippen LogP contribution in [0, 0.1) is 0 Å². The van der Waals surface area contributed by atoms with Gasteiger partial charge >= 0.3 is 0 Å². The van der Waals surface area contributed by atoms with Gasteiger partial charge in [-0.1, -0.05) is 23.7 Å². The fourth-order valence-electron chi connectivity index (χ4n) is 1.68. The molecule has 0 bridgehead atoms. The first-order chi connectivity index (χ1) is 7.62. The molecule has 7 heteroatoms. The van der Waals surface area contributed by atoms with Gasteiger partial charge in [0.25, 0.3) is 0 Å². The molecule has 0 amide bonds. The van der Waals surface area contributed by atoms with Crippen LogP contribution in [0.4, 0.5) is 0 Å². The van der Waals surface area contributed by atoms with Gasteiger partial charge in [-0.3, -0.25) is 0 Å². The molecule has 1 aliphatic heterocycles. The van der Waals surface area contributed by atoms with Crippen LogP contribution in [0.25, 0.3) is 0 Å². The Balaban J connectivity index is 0.00000144. The van der Waals surface area contributed by atoms with E-state index in [0.717, 1.165) is 0 Å². The molecule has 0 atom stereocenters. The van der Waals surface area contributed by atoms with Crippen LogP contribution in [0.1, 0.15) is 0 Å². The van der Waals surface area contributed by atoms with Crippen molar-refractivity contribution < 1.29 is 8.42 Å². The van der Waals surface area contributed by atoms with Crippen LogP contribution in [0.2, 0.25) is 5.02 Å². The van der Waals surface area contributed by atoms with Gasteiger partial charge in [-0.15, -0.1) is 12.4 Å². The average Bonchev–Trinajstić information content (AvgIpc) is 2.30. The molecule has 0 spiro atoms. The molecule has 1 aromatic rings. The Bertz CT molecular complexity index is 473. The van der Waals surface area contributed by atoms with Crippen LogP contribution in [0.15, 0.2) is 29.2 Å². The number of sulfonamides is 1. The lowest BCUT2D eigenvalue weighted by atomic mass is 10.4. The Morgan fingerprint density at radius 3 is 2.35 bits per heavy atom. The summed E-state index contributed by atoms with van der Waals surface area (Å²) in [4.78, 5) is 0.193. The van der Waals surface area contributed by atoms with Gasteiger partial charge < -0.3 is 5.32 Å². The first kappa shape index (κ1) is 14.7. The standard InChI is InChI=1S/C10H13ClN2O2S.ClH/c11-9-3-1-2-4-10(9)16(14,15)13-7-5-12-6-8-13;/h1-4,12H,5-8H2;1H. The highest BCUT2D eigenvalue weighted by Crippen LogP contribution is 2.24. The summed E-state index contributed by atoms with van der Waals surface area (Å²) in [5.41, 5.74) is 0. The van der Waals surface area contributed by atoms with Gasteiger partial charge in [0.2, 0.25) is 10.0 Å². The zero-order chi connectivity index (χ0) is 11.6. The molecule has 0 radical (unpaired) electrons. The summed E-state index contributed by atoms with van der Waals surface area (Å²) in [6.07, 6.45) is 0. The third kappa shape index (κ3) is 3.11. The van der Waals surface area contributed by atoms with Crippen LogP contribution >= 0.6 is 24.0 Å². The van der Waals surface area contributed by atoms with Crippen molar-refractivity contribution in [3.63, 3.8) is 0 Å². The van der Waals surface area contributed by atoms with Crippen molar-refractivity contribution in [1.29, 1.82) is 0 Å². The van der Waals surface area contributed by atoms with E-state index in [4.69, 9.17) is 11.6 Å². The van der Waals surface area contributed by atoms with Crippen LogP contribution in [-0.4, -0.2) is 38.9 Å². The second-order valence-electron chi connectivity index (χ2n) is 3.58. The first-order valence-corrected chi connectivity index (χ1v) is 6.89. The Morgan fingerprint density at radius 1 is 1.18 bits per heavy atom.